The Hall–Kier alpha value is -2.80. The Kier molecular flexibility index (Phi) is 4.42. The van der Waals surface area contributed by atoms with E-state index in [1.807, 2.05) is 31.2 Å². The maximum absolute atomic E-state index is 11.4. The third kappa shape index (κ3) is 3.62. The van der Waals surface area contributed by atoms with Crippen molar-refractivity contribution in [1.82, 2.24) is 9.97 Å². The first-order valence-corrected chi connectivity index (χ1v) is 9.90. The second-order valence-electron chi connectivity index (χ2n) is 8.00. The SMILES string of the molecule is Cc1oc(C(C)(C)C)nc1Cc1cc2cc(Cc3sc(=O)[nH]c3O)ccc2o1. The zero-order valence-electron chi connectivity index (χ0n) is 16.3. The molecule has 2 N–H and O–H groups in total. The number of oxazole rings is 1. The number of hydrogen-bond donors (Lipinski definition) is 2. The van der Waals surface area contributed by atoms with Crippen LogP contribution in [-0.2, 0) is 18.3 Å². The highest BCUT2D eigenvalue weighted by Gasteiger charge is 2.23. The Balaban J connectivity index is 1.59. The molecule has 4 aromatic rings. The largest absolute Gasteiger partial charge is 0.494 e. The molecule has 0 saturated heterocycles. The number of hydrogen-bond acceptors (Lipinski definition) is 6. The fourth-order valence-electron chi connectivity index (χ4n) is 3.08. The van der Waals surface area contributed by atoms with Crippen molar-refractivity contribution < 1.29 is 13.9 Å². The molecule has 4 rings (SSSR count). The van der Waals surface area contributed by atoms with E-state index in [2.05, 4.69) is 30.7 Å². The van der Waals surface area contributed by atoms with Gasteiger partial charge in [0.2, 0.25) is 5.88 Å². The van der Waals surface area contributed by atoms with Gasteiger partial charge in [-0.05, 0) is 30.7 Å². The van der Waals surface area contributed by atoms with Crippen molar-refractivity contribution in [2.45, 2.75) is 46.0 Å². The summed E-state index contributed by atoms with van der Waals surface area (Å²) in [5, 5.41) is 10.8. The van der Waals surface area contributed by atoms with Gasteiger partial charge in [-0.25, -0.2) is 4.98 Å². The highest BCUT2D eigenvalue weighted by Crippen LogP contribution is 2.28. The van der Waals surface area contributed by atoms with Crippen LogP contribution in [0, 0.1) is 6.92 Å². The first kappa shape index (κ1) is 18.6. The Bertz CT molecular complexity index is 1200. The lowest BCUT2D eigenvalue weighted by atomic mass is 9.97. The van der Waals surface area contributed by atoms with E-state index in [0.717, 1.165) is 51.0 Å². The zero-order chi connectivity index (χ0) is 20.1. The molecule has 0 radical (unpaired) electrons. The number of furan rings is 1. The maximum atomic E-state index is 11.4. The van der Waals surface area contributed by atoms with Crippen LogP contribution in [-0.4, -0.2) is 15.1 Å². The second kappa shape index (κ2) is 6.67. The standard InChI is InChI=1S/C21H22N2O4S/c1-11-15(22-19(26-11)21(2,3)4)10-14-9-13-7-12(5-6-16(13)27-14)8-17-18(24)23-20(25)28-17/h5-7,9,24H,8,10H2,1-4H3,(H,23,25). The highest BCUT2D eigenvalue weighted by molar-refractivity contribution is 7.09. The molecule has 0 fully saturated rings. The predicted molar refractivity (Wildman–Crippen MR) is 108 cm³/mol. The van der Waals surface area contributed by atoms with Crippen LogP contribution in [0.2, 0.25) is 0 Å². The lowest BCUT2D eigenvalue weighted by molar-refractivity contribution is 0.380. The van der Waals surface area contributed by atoms with Crippen LogP contribution in [0.3, 0.4) is 0 Å². The number of aromatic hydroxyl groups is 1. The number of H-pyrrole nitrogens is 1. The van der Waals surface area contributed by atoms with E-state index >= 15 is 0 Å². The predicted octanol–water partition coefficient (Wildman–Crippen LogP) is 4.66. The van der Waals surface area contributed by atoms with Gasteiger partial charge in [0, 0.05) is 17.2 Å². The average molecular weight is 398 g/mol. The van der Waals surface area contributed by atoms with Crippen molar-refractivity contribution in [3.63, 3.8) is 0 Å². The van der Waals surface area contributed by atoms with E-state index < -0.39 is 0 Å². The van der Waals surface area contributed by atoms with Gasteiger partial charge in [0.05, 0.1) is 17.0 Å². The average Bonchev–Trinajstić information content (AvgIpc) is 3.25. The first-order valence-electron chi connectivity index (χ1n) is 9.08. The van der Waals surface area contributed by atoms with Gasteiger partial charge in [0.1, 0.15) is 17.1 Å². The fourth-order valence-corrected chi connectivity index (χ4v) is 3.84. The molecule has 146 valence electrons. The summed E-state index contributed by atoms with van der Waals surface area (Å²) in [6.45, 7) is 8.14. The quantitative estimate of drug-likeness (QED) is 0.521. The molecule has 0 aliphatic rings. The van der Waals surface area contributed by atoms with Crippen LogP contribution in [0.1, 0.15) is 54.3 Å². The summed E-state index contributed by atoms with van der Waals surface area (Å²) in [7, 11) is 0. The molecule has 0 bridgehead atoms. The molecule has 28 heavy (non-hydrogen) atoms. The van der Waals surface area contributed by atoms with Crippen molar-refractivity contribution in [3.05, 3.63) is 67.5 Å². The van der Waals surface area contributed by atoms with E-state index in [4.69, 9.17) is 8.83 Å². The smallest absolute Gasteiger partial charge is 0.307 e. The highest BCUT2D eigenvalue weighted by atomic mass is 32.1. The van der Waals surface area contributed by atoms with Crippen LogP contribution < -0.4 is 4.87 Å². The van der Waals surface area contributed by atoms with Gasteiger partial charge in [-0.15, -0.1) is 0 Å². The van der Waals surface area contributed by atoms with Crippen LogP contribution in [0.5, 0.6) is 5.88 Å². The topological polar surface area (TPSA) is 92.3 Å². The number of aromatic amines is 1. The van der Waals surface area contributed by atoms with E-state index in [1.165, 1.54) is 0 Å². The third-order valence-electron chi connectivity index (χ3n) is 4.57. The lowest BCUT2D eigenvalue weighted by Gasteiger charge is -2.11. The lowest BCUT2D eigenvalue weighted by Crippen LogP contribution is -2.11. The molecule has 6 nitrogen and oxygen atoms in total. The molecule has 3 aromatic heterocycles. The molecule has 1 aromatic carbocycles. The minimum atomic E-state index is -0.253. The van der Waals surface area contributed by atoms with Gasteiger partial charge in [-0.3, -0.25) is 9.78 Å². The minimum absolute atomic E-state index is 0.0564. The second-order valence-corrected chi connectivity index (χ2v) is 9.06. The minimum Gasteiger partial charge on any atom is -0.494 e. The summed E-state index contributed by atoms with van der Waals surface area (Å²) in [5.74, 6) is 2.30. The van der Waals surface area contributed by atoms with Crippen molar-refractivity contribution in [3.8, 4) is 5.88 Å². The zero-order valence-corrected chi connectivity index (χ0v) is 17.1. The van der Waals surface area contributed by atoms with Crippen molar-refractivity contribution >= 4 is 22.3 Å². The molecule has 0 unspecified atom stereocenters. The number of rotatable bonds is 4. The Labute approximate surface area is 165 Å². The summed E-state index contributed by atoms with van der Waals surface area (Å²) >= 11 is 1.02. The molecule has 0 atom stereocenters. The van der Waals surface area contributed by atoms with Crippen molar-refractivity contribution in [2.75, 3.05) is 0 Å². The van der Waals surface area contributed by atoms with Crippen LogP contribution in [0.25, 0.3) is 11.0 Å². The van der Waals surface area contributed by atoms with Gasteiger partial charge >= 0.3 is 4.87 Å². The fraction of sp³-hybridized carbons (Fsp3) is 0.333. The van der Waals surface area contributed by atoms with E-state index in [9.17, 15) is 9.90 Å². The number of aryl methyl sites for hydroxylation is 1. The van der Waals surface area contributed by atoms with E-state index in [-0.39, 0.29) is 16.2 Å². The van der Waals surface area contributed by atoms with E-state index in [1.54, 1.807) is 0 Å². The molecule has 0 amide bonds. The monoisotopic (exact) mass is 398 g/mol. The van der Waals surface area contributed by atoms with Gasteiger partial charge in [-0.1, -0.05) is 38.2 Å². The number of thiazole rings is 1. The summed E-state index contributed by atoms with van der Waals surface area (Å²) in [6.07, 6.45) is 1.05. The molecule has 0 aliphatic carbocycles. The van der Waals surface area contributed by atoms with Gasteiger partial charge in [0.25, 0.3) is 0 Å². The molecule has 7 heteroatoms. The Morgan fingerprint density at radius 2 is 1.96 bits per heavy atom. The molecule has 0 aliphatic heterocycles. The van der Waals surface area contributed by atoms with Crippen LogP contribution in [0.15, 0.2) is 37.9 Å². The number of benzene rings is 1. The Morgan fingerprint density at radius 3 is 2.61 bits per heavy atom. The summed E-state index contributed by atoms with van der Waals surface area (Å²) < 4.78 is 11.8. The summed E-state index contributed by atoms with van der Waals surface area (Å²) in [6, 6.07) is 7.88. The molecule has 0 saturated carbocycles. The van der Waals surface area contributed by atoms with Gasteiger partial charge in [-0.2, -0.15) is 0 Å². The summed E-state index contributed by atoms with van der Waals surface area (Å²) in [5.41, 5.74) is 2.53. The van der Waals surface area contributed by atoms with Crippen LogP contribution in [0.4, 0.5) is 0 Å². The normalized spacial score (nSPS) is 12.1. The third-order valence-corrected chi connectivity index (χ3v) is 5.44. The van der Waals surface area contributed by atoms with Gasteiger partial charge in [0.15, 0.2) is 5.89 Å². The first-order chi connectivity index (χ1) is 13.2. The Morgan fingerprint density at radius 1 is 1.18 bits per heavy atom. The molecule has 0 spiro atoms. The molecule has 3 heterocycles. The number of nitrogens with zero attached hydrogens (tertiary/aromatic N) is 1. The van der Waals surface area contributed by atoms with E-state index in [0.29, 0.717) is 17.7 Å². The number of aromatic nitrogens is 2. The maximum Gasteiger partial charge on any atom is 0.307 e. The molecular weight excluding hydrogens is 376 g/mol. The van der Waals surface area contributed by atoms with Crippen LogP contribution >= 0.6 is 11.3 Å². The van der Waals surface area contributed by atoms with Crippen molar-refractivity contribution in [1.29, 1.82) is 0 Å². The van der Waals surface area contributed by atoms with Crippen molar-refractivity contribution in [2.24, 2.45) is 0 Å². The summed E-state index contributed by atoms with van der Waals surface area (Å²) in [4.78, 5) is 18.8. The van der Waals surface area contributed by atoms with Gasteiger partial charge < -0.3 is 13.9 Å². The number of fused-ring (bicyclic) bond motifs is 1. The number of nitrogens with one attached hydrogen (secondary N) is 1. The molecular formula is C21H22N2O4S.